The Hall–Kier alpha value is -5.45. The third-order valence-electron chi connectivity index (χ3n) is 8.72. The van der Waals surface area contributed by atoms with Gasteiger partial charge in [-0.25, -0.2) is 4.99 Å². The van der Waals surface area contributed by atoms with Crippen molar-refractivity contribution in [1.82, 2.24) is 10.6 Å². The second-order valence-corrected chi connectivity index (χ2v) is 11.2. The van der Waals surface area contributed by atoms with E-state index in [0.29, 0.717) is 0 Å². The Morgan fingerprint density at radius 3 is 2.12 bits per heavy atom. The summed E-state index contributed by atoms with van der Waals surface area (Å²) in [7, 11) is 0. The molecule has 0 fully saturated rings. The van der Waals surface area contributed by atoms with Crippen LogP contribution in [0.25, 0.3) is 54.3 Å². The Kier molecular flexibility index (Phi) is 5.37. The lowest BCUT2D eigenvalue weighted by molar-refractivity contribution is 0.411. The number of amidine groups is 1. The van der Waals surface area contributed by atoms with Gasteiger partial charge in [0.2, 0.25) is 0 Å². The molecule has 8 aromatic rings. The number of furan rings is 1. The van der Waals surface area contributed by atoms with Crippen LogP contribution in [0.5, 0.6) is 0 Å². The minimum absolute atomic E-state index is 0.166. The molecule has 2 N–H and O–H groups in total. The van der Waals surface area contributed by atoms with Gasteiger partial charge >= 0.3 is 0 Å². The van der Waals surface area contributed by atoms with Crippen molar-refractivity contribution in [3.63, 3.8) is 0 Å². The average Bonchev–Trinajstić information content (AvgIpc) is 3.46. The number of hydrogen-bond donors (Lipinski definition) is 2. The molecule has 1 aliphatic rings. The Morgan fingerprint density at radius 2 is 1.23 bits per heavy atom. The first-order valence-corrected chi connectivity index (χ1v) is 14.7. The van der Waals surface area contributed by atoms with Gasteiger partial charge in [0.1, 0.15) is 29.3 Å². The summed E-state index contributed by atoms with van der Waals surface area (Å²) in [6.45, 7) is 0. The lowest BCUT2D eigenvalue weighted by atomic mass is 9.95. The standard InChI is InChI=1S/C39H27N3O/c1-2-11-25-22-27(21-20-24(25)10-1)37-40-38(32-17-9-19-35-36(32)31-16-7-8-18-34(31)43-35)42-39(41-37)33-23-26-12-3-4-13-28(26)29-14-5-6-15-30(29)33/h1-23,37,39,41H,(H,40,42). The molecule has 4 heteroatoms. The van der Waals surface area contributed by atoms with E-state index in [1.807, 2.05) is 18.2 Å². The zero-order valence-corrected chi connectivity index (χ0v) is 23.3. The summed E-state index contributed by atoms with van der Waals surface area (Å²) in [5.74, 6) is 0.844. The molecule has 1 aliphatic heterocycles. The number of aliphatic imine (C=N–C) groups is 1. The minimum Gasteiger partial charge on any atom is -0.456 e. The Balaban J connectivity index is 1.28. The minimum atomic E-state index is -0.282. The van der Waals surface area contributed by atoms with Crippen molar-refractivity contribution in [2.45, 2.75) is 12.3 Å². The van der Waals surface area contributed by atoms with E-state index < -0.39 is 0 Å². The Labute approximate surface area is 248 Å². The number of rotatable bonds is 3. The lowest BCUT2D eigenvalue weighted by Gasteiger charge is -2.33. The van der Waals surface area contributed by atoms with Crippen LogP contribution in [-0.2, 0) is 0 Å². The maximum absolute atomic E-state index is 6.26. The monoisotopic (exact) mass is 553 g/mol. The average molecular weight is 554 g/mol. The highest BCUT2D eigenvalue weighted by Crippen LogP contribution is 2.37. The van der Waals surface area contributed by atoms with Crippen LogP contribution in [0, 0.1) is 0 Å². The van der Waals surface area contributed by atoms with Gasteiger partial charge < -0.3 is 9.73 Å². The van der Waals surface area contributed by atoms with E-state index in [1.54, 1.807) is 0 Å². The second-order valence-electron chi connectivity index (χ2n) is 11.2. The zero-order chi connectivity index (χ0) is 28.3. The number of nitrogens with zero attached hydrogens (tertiary/aromatic N) is 1. The number of nitrogens with one attached hydrogen (secondary N) is 2. The smallest absolute Gasteiger partial charge is 0.136 e. The summed E-state index contributed by atoms with van der Waals surface area (Å²) >= 11 is 0. The maximum Gasteiger partial charge on any atom is 0.136 e. The quantitative estimate of drug-likeness (QED) is 0.214. The van der Waals surface area contributed by atoms with Crippen LogP contribution in [-0.4, -0.2) is 5.84 Å². The molecule has 2 unspecified atom stereocenters. The molecule has 4 nitrogen and oxygen atoms in total. The Morgan fingerprint density at radius 1 is 0.535 bits per heavy atom. The molecule has 0 saturated heterocycles. The van der Waals surface area contributed by atoms with E-state index in [1.165, 1.54) is 32.3 Å². The van der Waals surface area contributed by atoms with Crippen LogP contribution in [0.15, 0.2) is 149 Å². The lowest BCUT2D eigenvalue weighted by Crippen LogP contribution is -2.45. The van der Waals surface area contributed by atoms with Gasteiger partial charge in [-0.15, -0.1) is 0 Å². The molecule has 1 aromatic heterocycles. The van der Waals surface area contributed by atoms with Gasteiger partial charge in [0, 0.05) is 16.3 Å². The van der Waals surface area contributed by atoms with E-state index in [-0.39, 0.29) is 12.3 Å². The summed E-state index contributed by atoms with van der Waals surface area (Å²) in [6.07, 6.45) is -0.448. The predicted octanol–water partition coefficient (Wildman–Crippen LogP) is 9.38. The number of benzene rings is 7. The van der Waals surface area contributed by atoms with Gasteiger partial charge in [0.05, 0.1) is 0 Å². The van der Waals surface area contributed by atoms with Crippen molar-refractivity contribution in [1.29, 1.82) is 0 Å². The molecule has 0 saturated carbocycles. The summed E-state index contributed by atoms with van der Waals surface area (Å²) in [6, 6.07) is 49.2. The second kappa shape index (κ2) is 9.55. The van der Waals surface area contributed by atoms with Crippen LogP contribution in [0.1, 0.15) is 29.0 Å². The maximum atomic E-state index is 6.26. The van der Waals surface area contributed by atoms with E-state index in [4.69, 9.17) is 9.41 Å². The van der Waals surface area contributed by atoms with Crippen LogP contribution >= 0.6 is 0 Å². The van der Waals surface area contributed by atoms with E-state index >= 15 is 0 Å². The summed E-state index contributed by atoms with van der Waals surface area (Å²) in [4.78, 5) is 5.41. The highest BCUT2D eigenvalue weighted by molar-refractivity contribution is 6.18. The van der Waals surface area contributed by atoms with Crippen molar-refractivity contribution < 1.29 is 4.42 Å². The van der Waals surface area contributed by atoms with Crippen molar-refractivity contribution >= 4 is 60.1 Å². The van der Waals surface area contributed by atoms with Crippen LogP contribution < -0.4 is 10.6 Å². The van der Waals surface area contributed by atoms with Crippen LogP contribution in [0.4, 0.5) is 0 Å². The fraction of sp³-hybridized carbons (Fsp3) is 0.0513. The molecule has 7 aromatic carbocycles. The van der Waals surface area contributed by atoms with Gasteiger partial charge in [0.15, 0.2) is 0 Å². The molecule has 0 amide bonds. The van der Waals surface area contributed by atoms with Crippen LogP contribution in [0.3, 0.4) is 0 Å². The number of hydrogen-bond acceptors (Lipinski definition) is 4. The van der Waals surface area contributed by atoms with Crippen molar-refractivity contribution in [3.8, 4) is 0 Å². The molecular weight excluding hydrogens is 526 g/mol. The Bertz CT molecular complexity index is 2380. The molecule has 0 spiro atoms. The first-order valence-electron chi connectivity index (χ1n) is 14.7. The van der Waals surface area contributed by atoms with Gasteiger partial charge in [-0.05, 0) is 67.7 Å². The number of fused-ring (bicyclic) bond motifs is 7. The zero-order valence-electron chi connectivity index (χ0n) is 23.3. The third kappa shape index (κ3) is 3.92. The molecule has 204 valence electrons. The van der Waals surface area contributed by atoms with E-state index in [2.05, 4.69) is 132 Å². The first kappa shape index (κ1) is 24.2. The SMILES string of the molecule is c1ccc2cc(C3NC(c4cccc5oc6ccccc6c45)=NC(c4cc5ccccc5c5ccccc45)N3)ccc2c1. The van der Waals surface area contributed by atoms with Gasteiger partial charge in [-0.2, -0.15) is 0 Å². The van der Waals surface area contributed by atoms with E-state index in [0.717, 1.165) is 44.5 Å². The van der Waals surface area contributed by atoms with Gasteiger partial charge in [-0.1, -0.05) is 115 Å². The van der Waals surface area contributed by atoms with Crippen molar-refractivity contribution in [2.75, 3.05) is 0 Å². The van der Waals surface area contributed by atoms with Crippen LogP contribution in [0.2, 0.25) is 0 Å². The topological polar surface area (TPSA) is 49.6 Å². The van der Waals surface area contributed by atoms with Crippen molar-refractivity contribution in [2.24, 2.45) is 4.99 Å². The predicted molar refractivity (Wildman–Crippen MR) is 177 cm³/mol. The largest absolute Gasteiger partial charge is 0.456 e. The summed E-state index contributed by atoms with van der Waals surface area (Å²) in [5.41, 5.74) is 5.08. The number of para-hydroxylation sites is 1. The van der Waals surface area contributed by atoms with Crippen molar-refractivity contribution in [3.05, 3.63) is 156 Å². The highest BCUT2D eigenvalue weighted by atomic mass is 16.3. The molecule has 2 heterocycles. The van der Waals surface area contributed by atoms with Gasteiger partial charge in [-0.3, -0.25) is 5.32 Å². The summed E-state index contributed by atoms with van der Waals surface area (Å²) in [5, 5.41) is 17.1. The highest BCUT2D eigenvalue weighted by Gasteiger charge is 2.28. The van der Waals surface area contributed by atoms with E-state index in [9.17, 15) is 0 Å². The molecule has 2 atom stereocenters. The first-order chi connectivity index (χ1) is 21.3. The molecule has 0 radical (unpaired) electrons. The third-order valence-corrected chi connectivity index (χ3v) is 8.72. The molecule has 0 aliphatic carbocycles. The normalized spacial score (nSPS) is 17.1. The van der Waals surface area contributed by atoms with Gasteiger partial charge in [0.25, 0.3) is 0 Å². The fourth-order valence-corrected chi connectivity index (χ4v) is 6.69. The fourth-order valence-electron chi connectivity index (χ4n) is 6.69. The molecule has 43 heavy (non-hydrogen) atoms. The molecule has 0 bridgehead atoms. The molecule has 9 rings (SSSR count). The summed E-state index contributed by atoms with van der Waals surface area (Å²) < 4.78 is 6.26. The molecular formula is C39H27N3O.